The van der Waals surface area contributed by atoms with Crippen molar-refractivity contribution in [3.63, 3.8) is 0 Å². The highest BCUT2D eigenvalue weighted by molar-refractivity contribution is 6.02. The van der Waals surface area contributed by atoms with Gasteiger partial charge in [0.1, 0.15) is 5.75 Å². The van der Waals surface area contributed by atoms with Gasteiger partial charge < -0.3 is 15.0 Å². The van der Waals surface area contributed by atoms with Gasteiger partial charge in [-0.3, -0.25) is 4.79 Å². The molecule has 1 N–H and O–H groups in total. The van der Waals surface area contributed by atoms with E-state index in [1.54, 1.807) is 11.0 Å². The molecule has 1 saturated heterocycles. The molecule has 126 valence electrons. The number of carbonyl (C=O) groups is 1. The molecular formula is C16H19F3N2O2. The molecular weight excluding hydrogens is 309 g/mol. The van der Waals surface area contributed by atoms with Gasteiger partial charge in [0.05, 0.1) is 11.6 Å². The SMILES string of the molecule is CC(C)C[C@H]1CNC[C@H]2c3cccc(OC(F)(F)F)c3C(=O)N12. The van der Waals surface area contributed by atoms with E-state index in [1.165, 1.54) is 12.1 Å². The number of carbonyl (C=O) groups excluding carboxylic acids is 1. The third kappa shape index (κ3) is 3.02. The number of fused-ring (bicyclic) bond motifs is 3. The van der Waals surface area contributed by atoms with Crippen LogP contribution in [0.25, 0.3) is 0 Å². The fraction of sp³-hybridized carbons (Fsp3) is 0.562. The van der Waals surface area contributed by atoms with Crippen molar-refractivity contribution < 1.29 is 22.7 Å². The molecule has 1 aromatic carbocycles. The lowest BCUT2D eigenvalue weighted by Crippen LogP contribution is -2.52. The first-order valence-corrected chi connectivity index (χ1v) is 7.70. The van der Waals surface area contributed by atoms with Gasteiger partial charge in [0.15, 0.2) is 0 Å². The highest BCUT2D eigenvalue weighted by Gasteiger charge is 2.45. The second-order valence-electron chi connectivity index (χ2n) is 6.44. The zero-order chi connectivity index (χ0) is 16.8. The summed E-state index contributed by atoms with van der Waals surface area (Å²) in [6, 6.07) is 4.16. The van der Waals surface area contributed by atoms with Crippen molar-refractivity contribution in [1.82, 2.24) is 10.2 Å². The number of nitrogens with zero attached hydrogens (tertiary/aromatic N) is 1. The molecule has 7 heteroatoms. The first-order chi connectivity index (χ1) is 10.8. The van der Waals surface area contributed by atoms with E-state index in [4.69, 9.17) is 0 Å². The molecule has 2 aliphatic rings. The molecule has 0 unspecified atom stereocenters. The van der Waals surface area contributed by atoms with Gasteiger partial charge in [-0.05, 0) is 24.0 Å². The number of alkyl halides is 3. The van der Waals surface area contributed by atoms with E-state index in [1.807, 2.05) is 0 Å². The summed E-state index contributed by atoms with van der Waals surface area (Å²) in [5, 5.41) is 3.28. The average molecular weight is 328 g/mol. The molecule has 3 rings (SSSR count). The van der Waals surface area contributed by atoms with Crippen molar-refractivity contribution in [3.8, 4) is 5.75 Å². The Kier molecular flexibility index (Phi) is 4.00. The zero-order valence-electron chi connectivity index (χ0n) is 13.0. The molecule has 0 saturated carbocycles. The first-order valence-electron chi connectivity index (χ1n) is 7.70. The van der Waals surface area contributed by atoms with Crippen LogP contribution in [0.2, 0.25) is 0 Å². The Labute approximate surface area is 132 Å². The molecule has 1 amide bonds. The molecule has 1 fully saturated rings. The van der Waals surface area contributed by atoms with E-state index >= 15 is 0 Å². The van der Waals surface area contributed by atoms with Crippen LogP contribution in [-0.2, 0) is 0 Å². The minimum Gasteiger partial charge on any atom is -0.405 e. The third-order valence-corrected chi connectivity index (χ3v) is 4.28. The predicted octanol–water partition coefficient (Wildman–Crippen LogP) is 3.10. The van der Waals surface area contributed by atoms with E-state index < -0.39 is 12.1 Å². The summed E-state index contributed by atoms with van der Waals surface area (Å²) in [6.07, 6.45) is -4.01. The Morgan fingerprint density at radius 3 is 2.74 bits per heavy atom. The zero-order valence-corrected chi connectivity index (χ0v) is 13.0. The number of piperazine rings is 1. The highest BCUT2D eigenvalue weighted by atomic mass is 19.4. The third-order valence-electron chi connectivity index (χ3n) is 4.28. The van der Waals surface area contributed by atoms with Crippen molar-refractivity contribution in [1.29, 1.82) is 0 Å². The van der Waals surface area contributed by atoms with Gasteiger partial charge in [-0.25, -0.2) is 0 Å². The number of nitrogens with one attached hydrogen (secondary N) is 1. The Morgan fingerprint density at radius 2 is 2.09 bits per heavy atom. The Hall–Kier alpha value is -1.76. The van der Waals surface area contributed by atoms with Crippen molar-refractivity contribution in [2.45, 2.75) is 38.7 Å². The molecule has 2 aliphatic heterocycles. The normalized spacial score (nSPS) is 23.9. The number of benzene rings is 1. The maximum Gasteiger partial charge on any atom is 0.573 e. The predicted molar refractivity (Wildman–Crippen MR) is 78.1 cm³/mol. The van der Waals surface area contributed by atoms with Crippen molar-refractivity contribution >= 4 is 5.91 Å². The Morgan fingerprint density at radius 1 is 1.35 bits per heavy atom. The Bertz CT molecular complexity index is 616. The second-order valence-corrected chi connectivity index (χ2v) is 6.44. The molecule has 23 heavy (non-hydrogen) atoms. The van der Waals surface area contributed by atoms with Crippen LogP contribution in [0.1, 0.15) is 42.2 Å². The van der Waals surface area contributed by atoms with Gasteiger partial charge in [-0.1, -0.05) is 26.0 Å². The number of amides is 1. The van der Waals surface area contributed by atoms with Gasteiger partial charge in [0.2, 0.25) is 0 Å². The maximum absolute atomic E-state index is 12.8. The second kappa shape index (κ2) is 5.70. The number of hydrogen-bond acceptors (Lipinski definition) is 3. The van der Waals surface area contributed by atoms with Crippen LogP contribution in [0.5, 0.6) is 5.75 Å². The van der Waals surface area contributed by atoms with Crippen molar-refractivity contribution in [3.05, 3.63) is 29.3 Å². The summed E-state index contributed by atoms with van der Waals surface area (Å²) in [5.74, 6) is -0.377. The lowest BCUT2D eigenvalue weighted by Gasteiger charge is -2.39. The van der Waals surface area contributed by atoms with Crippen LogP contribution in [0.15, 0.2) is 18.2 Å². The van der Waals surface area contributed by atoms with Crippen molar-refractivity contribution in [2.24, 2.45) is 5.92 Å². The summed E-state index contributed by atoms with van der Waals surface area (Å²) in [4.78, 5) is 14.5. The molecule has 0 bridgehead atoms. The van der Waals surface area contributed by atoms with E-state index in [-0.39, 0.29) is 23.6 Å². The molecule has 4 nitrogen and oxygen atoms in total. The summed E-state index contributed by atoms with van der Waals surface area (Å²) in [7, 11) is 0. The number of rotatable bonds is 3. The highest BCUT2D eigenvalue weighted by Crippen LogP contribution is 2.42. The molecule has 2 atom stereocenters. The summed E-state index contributed by atoms with van der Waals surface area (Å²) in [6.45, 7) is 5.33. The van der Waals surface area contributed by atoms with Crippen LogP contribution in [0.3, 0.4) is 0 Å². The molecule has 0 aromatic heterocycles. The maximum atomic E-state index is 12.8. The standard InChI is InChI=1S/C16H19F3N2O2/c1-9(2)6-10-7-20-8-12-11-4-3-5-13(23-16(17,18)19)14(11)15(22)21(10)12/h3-5,9-10,12,20H,6-8H2,1-2H3/t10-,12-/m0/s1. The first kappa shape index (κ1) is 16.1. The lowest BCUT2D eigenvalue weighted by molar-refractivity contribution is -0.274. The minimum absolute atomic E-state index is 0.0209. The van der Waals surface area contributed by atoms with Gasteiger partial charge in [0.25, 0.3) is 5.91 Å². The Balaban J connectivity index is 1.98. The summed E-state index contributed by atoms with van der Waals surface area (Å²) in [5.41, 5.74) is 0.657. The van der Waals surface area contributed by atoms with Crippen LogP contribution in [-0.4, -0.2) is 36.3 Å². The summed E-state index contributed by atoms with van der Waals surface area (Å²) >= 11 is 0. The van der Waals surface area contributed by atoms with Gasteiger partial charge in [0, 0.05) is 19.1 Å². The molecule has 0 aliphatic carbocycles. The van der Waals surface area contributed by atoms with E-state index in [0.29, 0.717) is 24.6 Å². The van der Waals surface area contributed by atoms with Gasteiger partial charge in [-0.15, -0.1) is 13.2 Å². The van der Waals surface area contributed by atoms with Crippen LogP contribution >= 0.6 is 0 Å². The monoisotopic (exact) mass is 328 g/mol. The number of halogens is 3. The largest absolute Gasteiger partial charge is 0.573 e. The number of ether oxygens (including phenoxy) is 1. The minimum atomic E-state index is -4.81. The van der Waals surface area contributed by atoms with E-state index in [0.717, 1.165) is 6.42 Å². The fourth-order valence-electron chi connectivity index (χ4n) is 3.54. The molecule has 0 spiro atoms. The van der Waals surface area contributed by atoms with Crippen LogP contribution < -0.4 is 10.1 Å². The van der Waals surface area contributed by atoms with Crippen LogP contribution in [0, 0.1) is 5.92 Å². The summed E-state index contributed by atoms with van der Waals surface area (Å²) < 4.78 is 41.9. The molecule has 0 radical (unpaired) electrons. The van der Waals surface area contributed by atoms with Crippen LogP contribution in [0.4, 0.5) is 13.2 Å². The molecule has 1 aromatic rings. The lowest BCUT2D eigenvalue weighted by atomic mass is 9.97. The smallest absolute Gasteiger partial charge is 0.405 e. The van der Waals surface area contributed by atoms with E-state index in [2.05, 4.69) is 23.9 Å². The van der Waals surface area contributed by atoms with E-state index in [9.17, 15) is 18.0 Å². The average Bonchev–Trinajstić information content (AvgIpc) is 2.72. The van der Waals surface area contributed by atoms with Gasteiger partial charge >= 0.3 is 6.36 Å². The number of hydrogen-bond donors (Lipinski definition) is 1. The fourth-order valence-corrected chi connectivity index (χ4v) is 3.54. The van der Waals surface area contributed by atoms with Gasteiger partial charge in [-0.2, -0.15) is 0 Å². The van der Waals surface area contributed by atoms with Crippen molar-refractivity contribution in [2.75, 3.05) is 13.1 Å². The topological polar surface area (TPSA) is 41.6 Å². The molecule has 2 heterocycles. The quantitative estimate of drug-likeness (QED) is 0.927.